The highest BCUT2D eigenvalue weighted by Gasteiger charge is 2.23. The van der Waals surface area contributed by atoms with Crippen LogP contribution >= 0.6 is 11.6 Å². The number of halogens is 1. The summed E-state index contributed by atoms with van der Waals surface area (Å²) < 4.78 is 2.21. The molecule has 0 bridgehead atoms. The first-order valence-corrected chi connectivity index (χ1v) is 8.21. The lowest BCUT2D eigenvalue weighted by molar-refractivity contribution is 0.235. The number of fused-ring (bicyclic) bond motifs is 1. The summed E-state index contributed by atoms with van der Waals surface area (Å²) in [6.45, 7) is 9.65. The van der Waals surface area contributed by atoms with Crippen molar-refractivity contribution in [2.45, 2.75) is 51.6 Å². The molecule has 4 nitrogen and oxygen atoms in total. The zero-order valence-corrected chi connectivity index (χ0v) is 13.8. The van der Waals surface area contributed by atoms with E-state index in [-0.39, 0.29) is 5.38 Å². The fourth-order valence-corrected chi connectivity index (χ4v) is 3.37. The van der Waals surface area contributed by atoms with Crippen molar-refractivity contribution in [2.75, 3.05) is 13.1 Å². The number of hydrogen-bond acceptors (Lipinski definition) is 3. The van der Waals surface area contributed by atoms with E-state index >= 15 is 0 Å². The average Bonchev–Trinajstić information content (AvgIpc) is 3.07. The minimum absolute atomic E-state index is 0.107. The molecule has 0 spiro atoms. The summed E-state index contributed by atoms with van der Waals surface area (Å²) in [4.78, 5) is 11.8. The van der Waals surface area contributed by atoms with Crippen molar-refractivity contribution in [3.05, 3.63) is 23.7 Å². The lowest BCUT2D eigenvalue weighted by Crippen LogP contribution is -2.34. The van der Waals surface area contributed by atoms with Crippen LogP contribution in [0.25, 0.3) is 11.2 Å². The van der Waals surface area contributed by atoms with Gasteiger partial charge in [-0.3, -0.25) is 4.90 Å². The van der Waals surface area contributed by atoms with Gasteiger partial charge in [-0.05, 0) is 58.3 Å². The van der Waals surface area contributed by atoms with E-state index in [1.54, 1.807) is 0 Å². The number of aromatic nitrogens is 3. The molecule has 3 rings (SSSR count). The quantitative estimate of drug-likeness (QED) is 0.810. The van der Waals surface area contributed by atoms with Crippen LogP contribution in [0.15, 0.2) is 12.3 Å². The van der Waals surface area contributed by atoms with E-state index in [9.17, 15) is 0 Å². The fraction of sp³-hybridized carbons (Fsp3) is 0.625. The van der Waals surface area contributed by atoms with E-state index in [2.05, 4.69) is 28.3 Å². The van der Waals surface area contributed by atoms with Crippen molar-refractivity contribution in [1.82, 2.24) is 19.4 Å². The van der Waals surface area contributed by atoms with Crippen molar-refractivity contribution in [3.63, 3.8) is 0 Å². The molecule has 1 aliphatic heterocycles. The SMILES string of the molecule is Cc1ccnc2c1nc(C(C)Cl)n2CC(C)N1CCCC1. The lowest BCUT2D eigenvalue weighted by Gasteiger charge is -2.25. The number of nitrogens with zero attached hydrogens (tertiary/aromatic N) is 4. The summed E-state index contributed by atoms with van der Waals surface area (Å²) in [5.41, 5.74) is 3.10. The zero-order valence-electron chi connectivity index (χ0n) is 13.0. The van der Waals surface area contributed by atoms with Crippen LogP contribution in [-0.4, -0.2) is 38.6 Å². The first-order chi connectivity index (χ1) is 10.1. The van der Waals surface area contributed by atoms with E-state index in [4.69, 9.17) is 16.6 Å². The van der Waals surface area contributed by atoms with Crippen LogP contribution in [0, 0.1) is 6.92 Å². The van der Waals surface area contributed by atoms with Crippen LogP contribution in [0.5, 0.6) is 0 Å². The number of alkyl halides is 1. The number of hydrogen-bond donors (Lipinski definition) is 0. The second-order valence-corrected chi connectivity index (χ2v) is 6.74. The highest BCUT2D eigenvalue weighted by molar-refractivity contribution is 6.20. The Morgan fingerprint density at radius 1 is 1.29 bits per heavy atom. The standard InChI is InChI=1S/C16H23ClN4/c1-11-6-7-18-16-14(11)19-15(13(3)17)21(16)10-12(2)20-8-4-5-9-20/h6-7,12-13H,4-5,8-10H2,1-3H3. The molecule has 2 unspecified atom stereocenters. The topological polar surface area (TPSA) is 34.0 Å². The van der Waals surface area contributed by atoms with Crippen molar-refractivity contribution in [2.24, 2.45) is 0 Å². The molecular weight excluding hydrogens is 284 g/mol. The Bertz CT molecular complexity index is 628. The fourth-order valence-electron chi connectivity index (χ4n) is 3.20. The molecule has 0 radical (unpaired) electrons. The molecule has 0 amide bonds. The molecule has 3 heterocycles. The minimum Gasteiger partial charge on any atom is -0.310 e. The largest absolute Gasteiger partial charge is 0.310 e. The maximum absolute atomic E-state index is 6.35. The molecule has 1 aliphatic rings. The van der Waals surface area contributed by atoms with Gasteiger partial charge in [0.05, 0.1) is 5.38 Å². The van der Waals surface area contributed by atoms with E-state index < -0.39 is 0 Å². The van der Waals surface area contributed by atoms with E-state index in [1.807, 2.05) is 19.2 Å². The molecular formula is C16H23ClN4. The van der Waals surface area contributed by atoms with Gasteiger partial charge in [0.25, 0.3) is 0 Å². The van der Waals surface area contributed by atoms with Crippen molar-refractivity contribution < 1.29 is 0 Å². The van der Waals surface area contributed by atoms with E-state index in [0.717, 1.165) is 29.1 Å². The van der Waals surface area contributed by atoms with Crippen LogP contribution in [0.1, 0.15) is 43.5 Å². The summed E-state index contributed by atoms with van der Waals surface area (Å²) in [6.07, 6.45) is 4.48. The van der Waals surface area contributed by atoms with Crippen LogP contribution in [0.3, 0.4) is 0 Å². The van der Waals surface area contributed by atoms with Gasteiger partial charge in [-0.2, -0.15) is 0 Å². The van der Waals surface area contributed by atoms with E-state index in [0.29, 0.717) is 6.04 Å². The molecule has 0 saturated carbocycles. The summed E-state index contributed by atoms with van der Waals surface area (Å²) in [6, 6.07) is 2.49. The summed E-state index contributed by atoms with van der Waals surface area (Å²) in [7, 11) is 0. The van der Waals surface area contributed by atoms with Crippen LogP contribution in [0.2, 0.25) is 0 Å². The molecule has 1 fully saturated rings. The van der Waals surface area contributed by atoms with Gasteiger partial charge in [-0.25, -0.2) is 9.97 Å². The predicted molar refractivity (Wildman–Crippen MR) is 86.8 cm³/mol. The molecule has 0 N–H and O–H groups in total. The molecule has 0 aliphatic carbocycles. The smallest absolute Gasteiger partial charge is 0.160 e. The second-order valence-electron chi connectivity index (χ2n) is 6.09. The van der Waals surface area contributed by atoms with Gasteiger partial charge in [0.1, 0.15) is 11.3 Å². The third kappa shape index (κ3) is 2.79. The van der Waals surface area contributed by atoms with Crippen molar-refractivity contribution >= 4 is 22.8 Å². The van der Waals surface area contributed by atoms with Gasteiger partial charge in [0.15, 0.2) is 5.65 Å². The summed E-state index contributed by atoms with van der Waals surface area (Å²) >= 11 is 6.35. The highest BCUT2D eigenvalue weighted by atomic mass is 35.5. The molecule has 2 aromatic rings. The number of pyridine rings is 1. The molecule has 0 aromatic carbocycles. The van der Waals surface area contributed by atoms with Crippen molar-refractivity contribution in [1.29, 1.82) is 0 Å². The Labute approximate surface area is 131 Å². The van der Waals surface area contributed by atoms with E-state index in [1.165, 1.54) is 25.9 Å². The Morgan fingerprint density at radius 3 is 2.67 bits per heavy atom. The Hall–Kier alpha value is -1.13. The van der Waals surface area contributed by atoms with Crippen LogP contribution < -0.4 is 0 Å². The lowest BCUT2D eigenvalue weighted by atomic mass is 10.2. The van der Waals surface area contributed by atoms with Crippen molar-refractivity contribution in [3.8, 4) is 0 Å². The Morgan fingerprint density at radius 2 is 2.00 bits per heavy atom. The first-order valence-electron chi connectivity index (χ1n) is 7.77. The highest BCUT2D eigenvalue weighted by Crippen LogP contribution is 2.26. The van der Waals surface area contributed by atoms with Crippen LogP contribution in [-0.2, 0) is 6.54 Å². The molecule has 2 atom stereocenters. The first kappa shape index (κ1) is 14.8. The van der Waals surface area contributed by atoms with Gasteiger partial charge >= 0.3 is 0 Å². The maximum Gasteiger partial charge on any atom is 0.160 e. The van der Waals surface area contributed by atoms with Gasteiger partial charge in [0.2, 0.25) is 0 Å². The molecule has 114 valence electrons. The number of rotatable bonds is 4. The Kier molecular flexibility index (Phi) is 4.18. The number of imidazole rings is 1. The monoisotopic (exact) mass is 306 g/mol. The minimum atomic E-state index is -0.107. The van der Waals surface area contributed by atoms with Crippen LogP contribution in [0.4, 0.5) is 0 Å². The molecule has 5 heteroatoms. The summed E-state index contributed by atoms with van der Waals surface area (Å²) in [5.74, 6) is 0.930. The number of aryl methyl sites for hydroxylation is 1. The summed E-state index contributed by atoms with van der Waals surface area (Å²) in [5, 5.41) is -0.107. The third-order valence-corrected chi connectivity index (χ3v) is 4.63. The second kappa shape index (κ2) is 5.93. The predicted octanol–water partition coefficient (Wildman–Crippen LogP) is 3.52. The third-order valence-electron chi connectivity index (χ3n) is 4.43. The molecule has 1 saturated heterocycles. The Balaban J connectivity index is 1.99. The van der Waals surface area contributed by atoms with Gasteiger partial charge in [-0.1, -0.05) is 0 Å². The molecule has 21 heavy (non-hydrogen) atoms. The van der Waals surface area contributed by atoms with Gasteiger partial charge < -0.3 is 4.57 Å². The average molecular weight is 307 g/mol. The van der Waals surface area contributed by atoms with Gasteiger partial charge in [-0.15, -0.1) is 11.6 Å². The normalized spacial score (nSPS) is 19.2. The molecule has 2 aromatic heterocycles. The number of likely N-dealkylation sites (tertiary alicyclic amines) is 1. The maximum atomic E-state index is 6.35. The van der Waals surface area contributed by atoms with Gasteiger partial charge in [0, 0.05) is 18.8 Å². The zero-order chi connectivity index (χ0) is 15.0.